The van der Waals surface area contributed by atoms with Crippen molar-refractivity contribution in [3.05, 3.63) is 84.1 Å². The van der Waals surface area contributed by atoms with Gasteiger partial charge in [0, 0.05) is 0 Å². The lowest BCUT2D eigenvalue weighted by molar-refractivity contribution is -0.137. The summed E-state index contributed by atoms with van der Waals surface area (Å²) in [6.07, 6.45) is 5.22. The Labute approximate surface area is 119 Å². The fourth-order valence-corrected chi connectivity index (χ4v) is 1.73. The summed E-state index contributed by atoms with van der Waals surface area (Å²) in [6, 6.07) is 17.3. The molecule has 0 saturated heterocycles. The molecule has 0 unspecified atom stereocenters. The first kappa shape index (κ1) is 13.8. The third kappa shape index (κ3) is 4.25. The fourth-order valence-electron chi connectivity index (χ4n) is 1.73. The molecule has 20 heavy (non-hydrogen) atoms. The second-order valence-corrected chi connectivity index (χ2v) is 4.33. The summed E-state index contributed by atoms with van der Waals surface area (Å²) in [5.41, 5.74) is 2.95. The lowest BCUT2D eigenvalue weighted by Gasteiger charge is -2.01. The van der Waals surface area contributed by atoms with E-state index in [2.05, 4.69) is 6.58 Å². The molecule has 0 heterocycles. The van der Waals surface area contributed by atoms with Crippen molar-refractivity contribution in [2.45, 2.75) is 6.42 Å². The fraction of sp³-hybridized carbons (Fsp3) is 0.0556. The van der Waals surface area contributed by atoms with E-state index in [-0.39, 0.29) is 12.4 Å². The molecule has 0 aliphatic rings. The van der Waals surface area contributed by atoms with Crippen molar-refractivity contribution in [2.24, 2.45) is 0 Å². The molecule has 0 atom stereocenters. The molecule has 2 heteroatoms. The standard InChI is InChI=1S/C18H16O2/c1-2-15-8-10-17(11-9-15)14-18(19)20-13-12-16-6-4-3-5-7-16/h2-13H,1,14H2. The predicted molar refractivity (Wildman–Crippen MR) is 81.8 cm³/mol. The molecule has 0 spiro atoms. The van der Waals surface area contributed by atoms with Crippen molar-refractivity contribution in [3.63, 3.8) is 0 Å². The van der Waals surface area contributed by atoms with Crippen molar-refractivity contribution in [1.82, 2.24) is 0 Å². The number of hydrogen-bond donors (Lipinski definition) is 0. The number of rotatable bonds is 5. The maximum absolute atomic E-state index is 11.7. The van der Waals surface area contributed by atoms with Gasteiger partial charge in [-0.25, -0.2) is 0 Å². The molecule has 2 rings (SSSR count). The third-order valence-electron chi connectivity index (χ3n) is 2.82. The lowest BCUT2D eigenvalue weighted by Crippen LogP contribution is -2.03. The summed E-state index contributed by atoms with van der Waals surface area (Å²) in [5.74, 6) is -0.275. The Balaban J connectivity index is 1.86. The number of carbonyl (C=O) groups excluding carboxylic acids is 1. The van der Waals surface area contributed by atoms with Crippen LogP contribution in [0, 0.1) is 0 Å². The van der Waals surface area contributed by atoms with Gasteiger partial charge in [0.1, 0.15) is 0 Å². The van der Waals surface area contributed by atoms with Crippen LogP contribution in [0.1, 0.15) is 16.7 Å². The Morgan fingerprint density at radius 3 is 2.35 bits per heavy atom. The summed E-state index contributed by atoms with van der Waals surface area (Å²) in [7, 11) is 0. The van der Waals surface area contributed by atoms with Gasteiger partial charge < -0.3 is 4.74 Å². The van der Waals surface area contributed by atoms with E-state index < -0.39 is 0 Å². The van der Waals surface area contributed by atoms with Gasteiger partial charge in [-0.3, -0.25) is 4.79 Å². The zero-order valence-corrected chi connectivity index (χ0v) is 11.2. The van der Waals surface area contributed by atoms with Gasteiger partial charge in [-0.2, -0.15) is 0 Å². The van der Waals surface area contributed by atoms with Gasteiger partial charge in [0.15, 0.2) is 0 Å². The smallest absolute Gasteiger partial charge is 0.315 e. The van der Waals surface area contributed by atoms with Crippen LogP contribution in [-0.2, 0) is 16.0 Å². The maximum atomic E-state index is 11.7. The van der Waals surface area contributed by atoms with E-state index >= 15 is 0 Å². The highest BCUT2D eigenvalue weighted by atomic mass is 16.5. The van der Waals surface area contributed by atoms with Gasteiger partial charge >= 0.3 is 5.97 Å². The van der Waals surface area contributed by atoms with Crippen molar-refractivity contribution >= 4 is 18.1 Å². The maximum Gasteiger partial charge on any atom is 0.315 e. The molecule has 0 bridgehead atoms. The Morgan fingerprint density at radius 2 is 1.70 bits per heavy atom. The molecule has 100 valence electrons. The Bertz CT molecular complexity index is 595. The first-order valence-corrected chi connectivity index (χ1v) is 6.40. The van der Waals surface area contributed by atoms with Crippen LogP contribution >= 0.6 is 0 Å². The minimum atomic E-state index is -0.275. The number of hydrogen-bond acceptors (Lipinski definition) is 2. The van der Waals surface area contributed by atoms with E-state index in [1.54, 1.807) is 12.2 Å². The summed E-state index contributed by atoms with van der Waals surface area (Å²) in [6.45, 7) is 3.69. The Morgan fingerprint density at radius 1 is 1.00 bits per heavy atom. The number of ether oxygens (including phenoxy) is 1. The van der Waals surface area contributed by atoms with Gasteiger partial charge in [0.25, 0.3) is 0 Å². The van der Waals surface area contributed by atoms with Crippen LogP contribution in [0.3, 0.4) is 0 Å². The van der Waals surface area contributed by atoms with Crippen LogP contribution in [0.5, 0.6) is 0 Å². The van der Waals surface area contributed by atoms with Crippen LogP contribution in [0.4, 0.5) is 0 Å². The van der Waals surface area contributed by atoms with Crippen LogP contribution in [-0.4, -0.2) is 5.97 Å². The number of carbonyl (C=O) groups is 1. The van der Waals surface area contributed by atoms with Crippen LogP contribution < -0.4 is 0 Å². The van der Waals surface area contributed by atoms with Crippen molar-refractivity contribution in [1.29, 1.82) is 0 Å². The van der Waals surface area contributed by atoms with Gasteiger partial charge in [0.05, 0.1) is 12.7 Å². The molecule has 0 aliphatic carbocycles. The predicted octanol–water partition coefficient (Wildman–Crippen LogP) is 4.09. The summed E-state index contributed by atoms with van der Waals surface area (Å²) < 4.78 is 5.07. The summed E-state index contributed by atoms with van der Waals surface area (Å²) >= 11 is 0. The SMILES string of the molecule is C=Cc1ccc(CC(=O)OC=Cc2ccccc2)cc1. The van der Waals surface area contributed by atoms with E-state index in [1.807, 2.05) is 54.6 Å². The molecular formula is C18H16O2. The number of benzene rings is 2. The second-order valence-electron chi connectivity index (χ2n) is 4.33. The van der Waals surface area contributed by atoms with Crippen molar-refractivity contribution < 1.29 is 9.53 Å². The minimum Gasteiger partial charge on any atom is -0.434 e. The molecule has 2 aromatic rings. The minimum absolute atomic E-state index is 0.260. The zero-order valence-electron chi connectivity index (χ0n) is 11.2. The molecule has 0 N–H and O–H groups in total. The van der Waals surface area contributed by atoms with Gasteiger partial charge in [0.2, 0.25) is 0 Å². The van der Waals surface area contributed by atoms with Gasteiger partial charge in [-0.15, -0.1) is 0 Å². The average molecular weight is 264 g/mol. The van der Waals surface area contributed by atoms with Crippen molar-refractivity contribution in [2.75, 3.05) is 0 Å². The van der Waals surface area contributed by atoms with Gasteiger partial charge in [-0.05, 0) is 22.8 Å². The van der Waals surface area contributed by atoms with Crippen molar-refractivity contribution in [3.8, 4) is 0 Å². The summed E-state index contributed by atoms with van der Waals surface area (Å²) in [4.78, 5) is 11.7. The topological polar surface area (TPSA) is 26.3 Å². The monoisotopic (exact) mass is 264 g/mol. The molecule has 2 aromatic carbocycles. The van der Waals surface area contributed by atoms with Crippen LogP contribution in [0.25, 0.3) is 12.2 Å². The molecule has 2 nitrogen and oxygen atoms in total. The van der Waals surface area contributed by atoms with E-state index in [1.165, 1.54) is 6.26 Å². The third-order valence-corrected chi connectivity index (χ3v) is 2.82. The molecule has 0 amide bonds. The van der Waals surface area contributed by atoms with E-state index in [9.17, 15) is 4.79 Å². The van der Waals surface area contributed by atoms with E-state index in [0.717, 1.165) is 16.7 Å². The largest absolute Gasteiger partial charge is 0.434 e. The van der Waals surface area contributed by atoms with E-state index in [4.69, 9.17) is 4.74 Å². The van der Waals surface area contributed by atoms with Crippen LogP contribution in [0.2, 0.25) is 0 Å². The average Bonchev–Trinajstić information content (AvgIpc) is 2.49. The zero-order chi connectivity index (χ0) is 14.2. The quantitative estimate of drug-likeness (QED) is 0.600. The highest BCUT2D eigenvalue weighted by Gasteiger charge is 2.02. The molecule has 0 aromatic heterocycles. The molecule has 0 radical (unpaired) electrons. The van der Waals surface area contributed by atoms with Crippen LogP contribution in [0.15, 0.2) is 67.4 Å². The second kappa shape index (κ2) is 7.10. The highest BCUT2D eigenvalue weighted by molar-refractivity contribution is 5.73. The Hall–Kier alpha value is -2.61. The first-order valence-electron chi connectivity index (χ1n) is 6.40. The molecule has 0 saturated carbocycles. The molecule has 0 fully saturated rings. The van der Waals surface area contributed by atoms with Gasteiger partial charge in [-0.1, -0.05) is 67.3 Å². The lowest BCUT2D eigenvalue weighted by atomic mass is 10.1. The summed E-state index contributed by atoms with van der Waals surface area (Å²) in [5, 5.41) is 0. The highest BCUT2D eigenvalue weighted by Crippen LogP contribution is 2.07. The molecule has 0 aliphatic heterocycles. The first-order chi connectivity index (χ1) is 9.78. The molecular weight excluding hydrogens is 248 g/mol. The Kier molecular flexibility index (Phi) is 4.90. The number of esters is 1. The normalized spacial score (nSPS) is 10.4. The van der Waals surface area contributed by atoms with E-state index in [0.29, 0.717) is 0 Å².